The van der Waals surface area contributed by atoms with Crippen LogP contribution in [0.4, 0.5) is 5.95 Å². The molecule has 0 aromatic carbocycles. The van der Waals surface area contributed by atoms with Gasteiger partial charge in [-0.25, -0.2) is 19.9 Å². The second-order valence-electron chi connectivity index (χ2n) is 8.59. The molecule has 30 heavy (non-hydrogen) atoms. The lowest BCUT2D eigenvalue weighted by atomic mass is 9.83. The number of piperidine rings is 1. The molecule has 0 aliphatic carbocycles. The zero-order chi connectivity index (χ0) is 20.4. The van der Waals surface area contributed by atoms with Gasteiger partial charge in [0.2, 0.25) is 5.95 Å². The summed E-state index contributed by atoms with van der Waals surface area (Å²) in [6.07, 6.45) is 11.2. The highest BCUT2D eigenvalue weighted by Gasteiger charge is 2.42. The van der Waals surface area contributed by atoms with Gasteiger partial charge in [0.15, 0.2) is 0 Å². The molecular weight excluding hydrogens is 380 g/mol. The fourth-order valence-corrected chi connectivity index (χ4v) is 4.75. The Bertz CT molecular complexity index is 860. The van der Waals surface area contributed by atoms with E-state index in [4.69, 9.17) is 14.5 Å². The zero-order valence-electron chi connectivity index (χ0n) is 17.6. The lowest BCUT2D eigenvalue weighted by molar-refractivity contribution is -0.102. The predicted molar refractivity (Wildman–Crippen MR) is 112 cm³/mol. The van der Waals surface area contributed by atoms with E-state index in [0.717, 1.165) is 88.6 Å². The van der Waals surface area contributed by atoms with E-state index in [1.807, 2.05) is 25.5 Å². The van der Waals surface area contributed by atoms with Gasteiger partial charge in [-0.05, 0) is 44.6 Å². The van der Waals surface area contributed by atoms with Crippen LogP contribution >= 0.6 is 0 Å². The molecule has 5 rings (SSSR count). The first-order valence-electron chi connectivity index (χ1n) is 11.1. The molecule has 2 aromatic heterocycles. The van der Waals surface area contributed by atoms with Crippen molar-refractivity contribution < 1.29 is 9.47 Å². The van der Waals surface area contributed by atoms with Crippen molar-refractivity contribution in [1.29, 1.82) is 0 Å². The average Bonchev–Trinajstić information content (AvgIpc) is 3.29. The lowest BCUT2D eigenvalue weighted by Crippen LogP contribution is -2.47. The Kier molecular flexibility index (Phi) is 5.62. The Morgan fingerprint density at radius 1 is 1.13 bits per heavy atom. The van der Waals surface area contributed by atoms with E-state index >= 15 is 0 Å². The molecule has 0 saturated carbocycles. The molecule has 1 spiro atoms. The van der Waals surface area contributed by atoms with Crippen molar-refractivity contribution in [2.75, 3.05) is 38.2 Å². The van der Waals surface area contributed by atoms with E-state index in [1.165, 1.54) is 5.56 Å². The summed E-state index contributed by atoms with van der Waals surface area (Å²) in [5, 5.41) is 3.28. The normalized spacial score (nSPS) is 23.4. The first kappa shape index (κ1) is 19.8. The largest absolute Gasteiger partial charge is 0.376 e. The molecular formula is C22H30N6O2. The minimum Gasteiger partial charge on any atom is -0.376 e. The molecule has 0 bridgehead atoms. The van der Waals surface area contributed by atoms with Crippen LogP contribution in [0, 0.1) is 6.92 Å². The van der Waals surface area contributed by atoms with E-state index in [2.05, 4.69) is 25.2 Å². The summed E-state index contributed by atoms with van der Waals surface area (Å²) >= 11 is 0. The van der Waals surface area contributed by atoms with E-state index in [-0.39, 0.29) is 11.7 Å². The molecule has 2 saturated heterocycles. The summed E-state index contributed by atoms with van der Waals surface area (Å²) in [5.41, 5.74) is 3.26. The number of ether oxygens (including phenoxy) is 2. The molecule has 2 fully saturated rings. The topological polar surface area (TPSA) is 85.3 Å². The van der Waals surface area contributed by atoms with Crippen molar-refractivity contribution in [3.05, 3.63) is 41.2 Å². The number of aromatic nitrogens is 4. The number of nitrogens with zero attached hydrogens (tertiary/aromatic N) is 5. The van der Waals surface area contributed by atoms with Gasteiger partial charge in [0.05, 0.1) is 18.4 Å². The second kappa shape index (κ2) is 8.53. The van der Waals surface area contributed by atoms with Crippen molar-refractivity contribution in [3.8, 4) is 0 Å². The van der Waals surface area contributed by atoms with Crippen LogP contribution in [-0.2, 0) is 28.0 Å². The van der Waals surface area contributed by atoms with Crippen molar-refractivity contribution in [1.82, 2.24) is 24.8 Å². The highest BCUT2D eigenvalue weighted by atomic mass is 16.5. The number of rotatable bonds is 5. The number of likely N-dealkylation sites (tertiary alicyclic amines) is 1. The van der Waals surface area contributed by atoms with Crippen LogP contribution in [0.3, 0.4) is 0 Å². The lowest BCUT2D eigenvalue weighted by Gasteiger charge is -2.44. The number of hydrogen-bond donors (Lipinski definition) is 1. The second-order valence-corrected chi connectivity index (χ2v) is 8.59. The number of hydrogen-bond acceptors (Lipinski definition) is 8. The molecule has 2 aromatic rings. The van der Waals surface area contributed by atoms with Gasteiger partial charge >= 0.3 is 0 Å². The fraction of sp³-hybridized carbons (Fsp3) is 0.636. The Balaban J connectivity index is 1.16. The third-order valence-corrected chi connectivity index (χ3v) is 6.45. The summed E-state index contributed by atoms with van der Waals surface area (Å²) in [6.45, 7) is 7.16. The summed E-state index contributed by atoms with van der Waals surface area (Å²) in [6, 6.07) is 0. The maximum absolute atomic E-state index is 6.31. The first-order valence-corrected chi connectivity index (χ1v) is 11.1. The Morgan fingerprint density at radius 3 is 2.73 bits per heavy atom. The molecule has 160 valence electrons. The van der Waals surface area contributed by atoms with E-state index in [9.17, 15) is 0 Å². The molecule has 3 aliphatic heterocycles. The van der Waals surface area contributed by atoms with Gasteiger partial charge < -0.3 is 14.8 Å². The molecule has 5 heterocycles. The van der Waals surface area contributed by atoms with Crippen LogP contribution in [0.25, 0.3) is 0 Å². The average molecular weight is 411 g/mol. The predicted octanol–water partition coefficient (Wildman–Crippen LogP) is 2.23. The maximum Gasteiger partial charge on any atom is 0.222 e. The van der Waals surface area contributed by atoms with Gasteiger partial charge in [0, 0.05) is 56.9 Å². The zero-order valence-corrected chi connectivity index (χ0v) is 17.6. The van der Waals surface area contributed by atoms with E-state index in [0.29, 0.717) is 5.95 Å². The van der Waals surface area contributed by atoms with Crippen molar-refractivity contribution in [3.63, 3.8) is 0 Å². The van der Waals surface area contributed by atoms with Crippen molar-refractivity contribution in [2.45, 2.75) is 57.3 Å². The van der Waals surface area contributed by atoms with Gasteiger partial charge in [-0.15, -0.1) is 0 Å². The summed E-state index contributed by atoms with van der Waals surface area (Å²) < 4.78 is 11.9. The molecule has 3 aliphatic rings. The Morgan fingerprint density at radius 2 is 1.97 bits per heavy atom. The Hall–Kier alpha value is -2.16. The van der Waals surface area contributed by atoms with Crippen LogP contribution in [0.2, 0.25) is 0 Å². The standard InChI is InChI=1S/C22H30N6O2/c1-16-23-13-18-4-10-30-22(20(18)27-16)5-7-28(8-6-22)15-17-11-24-21(25-12-17)26-14-19-3-2-9-29-19/h11-13,19H,2-10,14-15H2,1H3,(H,24,25,26). The summed E-state index contributed by atoms with van der Waals surface area (Å²) in [7, 11) is 0. The SMILES string of the molecule is Cc1ncc2c(n1)C1(CCN(Cc3cnc(NCC4CCCO4)nc3)CC1)OCC2. The highest BCUT2D eigenvalue weighted by molar-refractivity contribution is 5.28. The van der Waals surface area contributed by atoms with Crippen LogP contribution in [0.5, 0.6) is 0 Å². The first-order chi connectivity index (χ1) is 14.7. The fourth-order valence-electron chi connectivity index (χ4n) is 4.75. The van der Waals surface area contributed by atoms with Crippen molar-refractivity contribution >= 4 is 5.95 Å². The molecule has 1 atom stereocenters. The van der Waals surface area contributed by atoms with Gasteiger partial charge in [-0.3, -0.25) is 4.90 Å². The van der Waals surface area contributed by atoms with Crippen LogP contribution in [0.15, 0.2) is 18.6 Å². The number of aryl methyl sites for hydroxylation is 1. The third kappa shape index (κ3) is 4.17. The molecule has 8 nitrogen and oxygen atoms in total. The number of fused-ring (bicyclic) bond motifs is 2. The maximum atomic E-state index is 6.31. The van der Waals surface area contributed by atoms with Gasteiger partial charge in [0.25, 0.3) is 0 Å². The quantitative estimate of drug-likeness (QED) is 0.803. The minimum absolute atomic E-state index is 0.246. The summed E-state index contributed by atoms with van der Waals surface area (Å²) in [5.74, 6) is 1.50. The third-order valence-electron chi connectivity index (χ3n) is 6.45. The minimum atomic E-state index is -0.246. The van der Waals surface area contributed by atoms with Crippen molar-refractivity contribution in [2.24, 2.45) is 0 Å². The van der Waals surface area contributed by atoms with E-state index in [1.54, 1.807) is 0 Å². The number of nitrogens with one attached hydrogen (secondary N) is 1. The number of anilines is 1. The molecule has 0 radical (unpaired) electrons. The molecule has 1 unspecified atom stereocenters. The van der Waals surface area contributed by atoms with Gasteiger partial charge in [-0.2, -0.15) is 0 Å². The van der Waals surface area contributed by atoms with E-state index < -0.39 is 0 Å². The molecule has 1 N–H and O–H groups in total. The highest BCUT2D eigenvalue weighted by Crippen LogP contribution is 2.40. The summed E-state index contributed by atoms with van der Waals surface area (Å²) in [4.78, 5) is 20.6. The Labute approximate surface area is 177 Å². The van der Waals surface area contributed by atoms with Crippen LogP contribution < -0.4 is 5.32 Å². The molecule has 8 heteroatoms. The van der Waals surface area contributed by atoms with Gasteiger partial charge in [-0.1, -0.05) is 0 Å². The smallest absolute Gasteiger partial charge is 0.222 e. The molecule has 0 amide bonds. The van der Waals surface area contributed by atoms with Gasteiger partial charge in [0.1, 0.15) is 11.4 Å². The monoisotopic (exact) mass is 410 g/mol. The van der Waals surface area contributed by atoms with Crippen LogP contribution in [-0.4, -0.2) is 63.8 Å². The van der Waals surface area contributed by atoms with Crippen LogP contribution in [0.1, 0.15) is 48.3 Å².